The average Bonchev–Trinajstić information content (AvgIpc) is 2.66. The van der Waals surface area contributed by atoms with Crippen LogP contribution >= 0.6 is 11.8 Å². The van der Waals surface area contributed by atoms with E-state index in [2.05, 4.69) is 5.32 Å². The van der Waals surface area contributed by atoms with Crippen LogP contribution in [0.25, 0.3) is 0 Å². The van der Waals surface area contributed by atoms with Crippen LogP contribution in [0.5, 0.6) is 11.5 Å². The van der Waals surface area contributed by atoms with E-state index in [0.717, 1.165) is 5.56 Å². The Morgan fingerprint density at radius 3 is 2.50 bits per heavy atom. The lowest BCUT2D eigenvalue weighted by Crippen LogP contribution is -2.27. The van der Waals surface area contributed by atoms with Crippen molar-refractivity contribution in [3.8, 4) is 11.5 Å². The lowest BCUT2D eigenvalue weighted by Gasteiger charge is -2.10. The first-order valence-corrected chi connectivity index (χ1v) is 9.03. The normalized spacial score (nSPS) is 10.2. The maximum absolute atomic E-state index is 12.0. The second kappa shape index (κ2) is 9.72. The van der Waals surface area contributed by atoms with E-state index in [4.69, 9.17) is 15.2 Å². The molecule has 3 N–H and O–H groups in total. The highest BCUT2D eigenvalue weighted by Crippen LogP contribution is 2.27. The number of ether oxygens (including phenoxy) is 2. The second-order valence-corrected chi connectivity index (χ2v) is 6.46. The molecule has 0 aliphatic carbocycles. The number of hydrogen-bond acceptors (Lipinski definition) is 5. The van der Waals surface area contributed by atoms with Gasteiger partial charge in [0, 0.05) is 11.4 Å². The van der Waals surface area contributed by atoms with Crippen LogP contribution in [0.4, 0.5) is 0 Å². The maximum Gasteiger partial charge on any atom is 0.249 e. The summed E-state index contributed by atoms with van der Waals surface area (Å²) in [6.07, 6.45) is 0.675. The molecule has 0 saturated heterocycles. The van der Waals surface area contributed by atoms with E-state index >= 15 is 0 Å². The molecule has 2 aromatic rings. The number of methoxy groups -OCH3 is 2. The second-order valence-electron chi connectivity index (χ2n) is 5.44. The summed E-state index contributed by atoms with van der Waals surface area (Å²) in [6.45, 7) is 0.506. The molecule has 0 bridgehead atoms. The minimum absolute atomic E-state index is 0.102. The van der Waals surface area contributed by atoms with Gasteiger partial charge in [-0.2, -0.15) is 0 Å². The van der Waals surface area contributed by atoms with Gasteiger partial charge in [0.05, 0.1) is 25.5 Å². The number of amides is 2. The van der Waals surface area contributed by atoms with E-state index < -0.39 is 5.91 Å². The Labute approximate surface area is 157 Å². The van der Waals surface area contributed by atoms with Gasteiger partial charge in [0.25, 0.3) is 0 Å². The van der Waals surface area contributed by atoms with Crippen LogP contribution in [0.3, 0.4) is 0 Å². The summed E-state index contributed by atoms with van der Waals surface area (Å²) in [6, 6.07) is 12.7. The van der Waals surface area contributed by atoms with Crippen molar-refractivity contribution in [3.63, 3.8) is 0 Å². The van der Waals surface area contributed by atoms with Gasteiger partial charge in [0.2, 0.25) is 11.8 Å². The van der Waals surface area contributed by atoms with E-state index in [0.29, 0.717) is 34.9 Å². The number of rotatable bonds is 9. The molecule has 0 fully saturated rings. The Morgan fingerprint density at radius 2 is 1.81 bits per heavy atom. The number of carbonyl (C=O) groups is 2. The summed E-state index contributed by atoms with van der Waals surface area (Å²) in [5.41, 5.74) is 6.80. The van der Waals surface area contributed by atoms with Crippen LogP contribution in [-0.4, -0.2) is 38.3 Å². The molecular weight excluding hydrogens is 352 g/mol. The lowest BCUT2D eigenvalue weighted by atomic mass is 10.1. The molecule has 2 amide bonds. The Balaban J connectivity index is 1.82. The molecule has 6 nitrogen and oxygen atoms in total. The topological polar surface area (TPSA) is 90.6 Å². The van der Waals surface area contributed by atoms with Gasteiger partial charge >= 0.3 is 0 Å². The molecule has 7 heteroatoms. The minimum Gasteiger partial charge on any atom is -0.493 e. The van der Waals surface area contributed by atoms with Crippen LogP contribution in [0.2, 0.25) is 0 Å². The summed E-state index contributed by atoms with van der Waals surface area (Å²) < 4.78 is 10.5. The first-order valence-electron chi connectivity index (χ1n) is 8.04. The van der Waals surface area contributed by atoms with Gasteiger partial charge in [-0.3, -0.25) is 9.59 Å². The number of thioether (sulfide) groups is 1. The molecule has 0 spiro atoms. The van der Waals surface area contributed by atoms with Crippen molar-refractivity contribution in [1.29, 1.82) is 0 Å². The number of carbonyl (C=O) groups excluding carboxylic acids is 2. The fourth-order valence-corrected chi connectivity index (χ4v) is 3.26. The van der Waals surface area contributed by atoms with Crippen molar-refractivity contribution in [3.05, 3.63) is 53.6 Å². The van der Waals surface area contributed by atoms with Crippen molar-refractivity contribution in [1.82, 2.24) is 5.32 Å². The third kappa shape index (κ3) is 5.42. The molecule has 26 heavy (non-hydrogen) atoms. The SMILES string of the molecule is COc1ccc(CCNC(=O)CSc2ccccc2C(N)=O)cc1OC. The fraction of sp³-hybridized carbons (Fsp3) is 0.263. The number of benzene rings is 2. The third-order valence-electron chi connectivity index (χ3n) is 3.70. The molecule has 0 aliphatic rings. The van der Waals surface area contributed by atoms with Gasteiger partial charge in [-0.25, -0.2) is 0 Å². The molecule has 0 radical (unpaired) electrons. The Hall–Kier alpha value is -2.67. The molecule has 2 rings (SSSR count). The molecule has 2 aromatic carbocycles. The lowest BCUT2D eigenvalue weighted by molar-refractivity contribution is -0.118. The standard InChI is InChI=1S/C19H22N2O4S/c1-24-15-8-7-13(11-16(15)25-2)9-10-21-18(22)12-26-17-6-4-3-5-14(17)19(20)23/h3-8,11H,9-10,12H2,1-2H3,(H2,20,23)(H,21,22). The monoisotopic (exact) mass is 374 g/mol. The molecule has 0 aliphatic heterocycles. The summed E-state index contributed by atoms with van der Waals surface area (Å²) in [5, 5.41) is 2.87. The predicted molar refractivity (Wildman–Crippen MR) is 102 cm³/mol. The Morgan fingerprint density at radius 1 is 1.08 bits per heavy atom. The zero-order valence-electron chi connectivity index (χ0n) is 14.8. The average molecular weight is 374 g/mol. The first kappa shape index (κ1) is 19.7. The van der Waals surface area contributed by atoms with Crippen LogP contribution in [0.15, 0.2) is 47.4 Å². The number of primary amides is 1. The van der Waals surface area contributed by atoms with Crippen molar-refractivity contribution in [2.24, 2.45) is 5.73 Å². The molecule has 0 aromatic heterocycles. The van der Waals surface area contributed by atoms with Crippen molar-refractivity contribution >= 4 is 23.6 Å². The van der Waals surface area contributed by atoms with Crippen molar-refractivity contribution in [2.75, 3.05) is 26.5 Å². The summed E-state index contributed by atoms with van der Waals surface area (Å²) >= 11 is 1.29. The smallest absolute Gasteiger partial charge is 0.249 e. The quantitative estimate of drug-likeness (QED) is 0.657. The number of nitrogens with one attached hydrogen (secondary N) is 1. The van der Waals surface area contributed by atoms with Crippen LogP contribution in [0.1, 0.15) is 15.9 Å². The molecule has 0 saturated carbocycles. The summed E-state index contributed by atoms with van der Waals surface area (Å²) in [7, 11) is 3.18. The predicted octanol–water partition coefficient (Wildman–Crippen LogP) is 2.25. The van der Waals surface area contributed by atoms with Gasteiger partial charge in [-0.05, 0) is 36.2 Å². The molecular formula is C19H22N2O4S. The molecule has 138 valence electrons. The molecule has 0 atom stereocenters. The number of nitrogens with two attached hydrogens (primary N) is 1. The van der Waals surface area contributed by atoms with E-state index in [-0.39, 0.29) is 11.7 Å². The summed E-state index contributed by atoms with van der Waals surface area (Å²) in [5.74, 6) is 0.951. The van der Waals surface area contributed by atoms with Crippen molar-refractivity contribution < 1.29 is 19.1 Å². The third-order valence-corrected chi connectivity index (χ3v) is 4.77. The minimum atomic E-state index is -0.498. The fourth-order valence-electron chi connectivity index (χ4n) is 2.37. The van der Waals surface area contributed by atoms with Gasteiger partial charge in [0.1, 0.15) is 0 Å². The highest BCUT2D eigenvalue weighted by molar-refractivity contribution is 8.00. The largest absolute Gasteiger partial charge is 0.493 e. The molecule has 0 heterocycles. The van der Waals surface area contributed by atoms with Crippen molar-refractivity contribution in [2.45, 2.75) is 11.3 Å². The van der Waals surface area contributed by atoms with E-state index in [9.17, 15) is 9.59 Å². The van der Waals surface area contributed by atoms with E-state index in [1.165, 1.54) is 11.8 Å². The maximum atomic E-state index is 12.0. The van der Waals surface area contributed by atoms with Gasteiger partial charge in [0.15, 0.2) is 11.5 Å². The van der Waals surface area contributed by atoms with Crippen LogP contribution in [-0.2, 0) is 11.2 Å². The van der Waals surface area contributed by atoms with Crippen LogP contribution in [0, 0.1) is 0 Å². The zero-order valence-corrected chi connectivity index (χ0v) is 15.6. The molecule has 0 unspecified atom stereocenters. The van der Waals surface area contributed by atoms with E-state index in [1.807, 2.05) is 24.3 Å². The highest BCUT2D eigenvalue weighted by atomic mass is 32.2. The van der Waals surface area contributed by atoms with Crippen LogP contribution < -0.4 is 20.5 Å². The Kier molecular flexibility index (Phi) is 7.35. The number of hydrogen-bond donors (Lipinski definition) is 2. The summed E-state index contributed by atoms with van der Waals surface area (Å²) in [4.78, 5) is 24.1. The van der Waals surface area contributed by atoms with Gasteiger partial charge in [-0.15, -0.1) is 11.8 Å². The first-order chi connectivity index (χ1) is 12.5. The highest BCUT2D eigenvalue weighted by Gasteiger charge is 2.10. The van der Waals surface area contributed by atoms with Gasteiger partial charge in [-0.1, -0.05) is 18.2 Å². The van der Waals surface area contributed by atoms with E-state index in [1.54, 1.807) is 32.4 Å². The van der Waals surface area contributed by atoms with Gasteiger partial charge < -0.3 is 20.5 Å². The zero-order chi connectivity index (χ0) is 18.9. The Bertz CT molecular complexity index is 780.